The minimum Gasteiger partial charge on any atom is -0.237 e. The quantitative estimate of drug-likeness (QED) is 0.702. The number of benzene rings is 1. The Kier molecular flexibility index (Phi) is 4.31. The van der Waals surface area contributed by atoms with Crippen molar-refractivity contribution in [1.82, 2.24) is 9.78 Å². The van der Waals surface area contributed by atoms with Gasteiger partial charge in [0.25, 0.3) is 0 Å². The fraction of sp³-hybridized carbons (Fsp3) is 0.550. The Hall–Kier alpha value is -1.28. The summed E-state index contributed by atoms with van der Waals surface area (Å²) in [5, 5.41) is 5.79. The van der Waals surface area contributed by atoms with Gasteiger partial charge in [0, 0.05) is 16.1 Å². The van der Waals surface area contributed by atoms with E-state index in [0.717, 1.165) is 29.5 Å². The molecule has 0 amide bonds. The van der Waals surface area contributed by atoms with E-state index in [2.05, 4.69) is 45.4 Å². The third-order valence-electron chi connectivity index (χ3n) is 5.02. The molecule has 0 N–H and O–H groups in total. The van der Waals surface area contributed by atoms with Crippen LogP contribution in [0, 0.1) is 11.8 Å². The van der Waals surface area contributed by atoms with Crippen LogP contribution in [-0.4, -0.2) is 9.78 Å². The normalized spacial score (nSPS) is 18.3. The fourth-order valence-corrected chi connectivity index (χ4v) is 3.82. The van der Waals surface area contributed by atoms with E-state index < -0.39 is 0 Å². The van der Waals surface area contributed by atoms with Crippen LogP contribution in [0.3, 0.4) is 0 Å². The molecule has 1 heterocycles. The van der Waals surface area contributed by atoms with Crippen LogP contribution in [0.15, 0.2) is 24.3 Å². The summed E-state index contributed by atoms with van der Waals surface area (Å²) < 4.78 is 2.15. The van der Waals surface area contributed by atoms with Gasteiger partial charge in [-0.25, -0.2) is 4.68 Å². The van der Waals surface area contributed by atoms with Crippen LogP contribution < -0.4 is 0 Å². The van der Waals surface area contributed by atoms with Gasteiger partial charge in [-0.2, -0.15) is 5.10 Å². The number of fused-ring (bicyclic) bond motifs is 1. The second-order valence-corrected chi connectivity index (χ2v) is 8.60. The smallest absolute Gasteiger partial charge is 0.0717 e. The number of nitrogens with zero attached hydrogens (tertiary/aromatic N) is 2. The third kappa shape index (κ3) is 3.19. The van der Waals surface area contributed by atoms with Crippen molar-refractivity contribution in [2.24, 2.45) is 11.8 Å². The topological polar surface area (TPSA) is 17.8 Å². The number of hydrogen-bond donors (Lipinski definition) is 0. The average molecular weight is 331 g/mol. The molecule has 1 aliphatic carbocycles. The molecule has 0 spiro atoms. The third-order valence-corrected chi connectivity index (χ3v) is 5.25. The minimum atomic E-state index is 0.0680. The van der Waals surface area contributed by atoms with Gasteiger partial charge < -0.3 is 0 Å². The van der Waals surface area contributed by atoms with Crippen molar-refractivity contribution in [3.05, 3.63) is 46.2 Å². The monoisotopic (exact) mass is 330 g/mol. The lowest BCUT2D eigenvalue weighted by molar-refractivity contribution is 0.336. The molecule has 0 aliphatic heterocycles. The average Bonchev–Trinajstić information content (AvgIpc) is 2.85. The van der Waals surface area contributed by atoms with Gasteiger partial charge in [-0.1, -0.05) is 52.3 Å². The van der Waals surface area contributed by atoms with Crippen LogP contribution in [-0.2, 0) is 18.3 Å². The molecule has 1 aliphatic rings. The predicted octanol–water partition coefficient (Wildman–Crippen LogP) is 5.58. The molecule has 0 saturated heterocycles. The van der Waals surface area contributed by atoms with E-state index in [9.17, 15) is 0 Å². The van der Waals surface area contributed by atoms with Gasteiger partial charge in [-0.3, -0.25) is 0 Å². The number of rotatable bonds is 2. The highest BCUT2D eigenvalue weighted by molar-refractivity contribution is 6.30. The van der Waals surface area contributed by atoms with Crippen LogP contribution in [0.1, 0.15) is 58.0 Å². The van der Waals surface area contributed by atoms with E-state index in [1.807, 2.05) is 18.2 Å². The van der Waals surface area contributed by atoms with E-state index in [-0.39, 0.29) is 5.41 Å². The van der Waals surface area contributed by atoms with Crippen molar-refractivity contribution in [1.29, 1.82) is 0 Å². The summed E-state index contributed by atoms with van der Waals surface area (Å²) >= 11 is 6.21. The Labute approximate surface area is 144 Å². The second-order valence-electron chi connectivity index (χ2n) is 8.16. The summed E-state index contributed by atoms with van der Waals surface area (Å²) in [4.78, 5) is 0. The maximum Gasteiger partial charge on any atom is 0.0717 e. The Balaban J connectivity index is 2.15. The molecule has 0 fully saturated rings. The summed E-state index contributed by atoms with van der Waals surface area (Å²) in [5.74, 6) is 1.45. The van der Waals surface area contributed by atoms with Crippen molar-refractivity contribution in [2.75, 3.05) is 0 Å². The van der Waals surface area contributed by atoms with Gasteiger partial charge in [0.2, 0.25) is 0 Å². The Bertz CT molecular complexity index is 707. The molecule has 1 aromatic carbocycles. The molecule has 0 radical (unpaired) electrons. The standard InChI is InChI=1S/C20H27ClN2/c1-13(2)14-9-10-17-18(11-14)23(22-19(17)20(3,4)5)16-8-6-7-15(21)12-16/h6-8,12-14H,9-11H2,1-5H3. The van der Waals surface area contributed by atoms with E-state index in [1.165, 1.54) is 23.4 Å². The zero-order valence-corrected chi connectivity index (χ0v) is 15.6. The molecule has 3 heteroatoms. The van der Waals surface area contributed by atoms with Gasteiger partial charge in [0.15, 0.2) is 0 Å². The first-order valence-corrected chi connectivity index (χ1v) is 9.02. The molecule has 124 valence electrons. The van der Waals surface area contributed by atoms with E-state index in [4.69, 9.17) is 16.7 Å². The molecule has 0 bridgehead atoms. The van der Waals surface area contributed by atoms with Crippen LogP contribution in [0.2, 0.25) is 5.02 Å². The largest absolute Gasteiger partial charge is 0.237 e. The van der Waals surface area contributed by atoms with Gasteiger partial charge in [-0.15, -0.1) is 0 Å². The second kappa shape index (κ2) is 5.98. The van der Waals surface area contributed by atoms with Crippen molar-refractivity contribution in [3.8, 4) is 5.69 Å². The molecule has 3 rings (SSSR count). The predicted molar refractivity (Wildman–Crippen MR) is 97.6 cm³/mol. The molecule has 2 nitrogen and oxygen atoms in total. The summed E-state index contributed by atoms with van der Waals surface area (Å²) in [5.41, 5.74) is 5.25. The summed E-state index contributed by atoms with van der Waals surface area (Å²) in [6.07, 6.45) is 3.53. The van der Waals surface area contributed by atoms with Crippen molar-refractivity contribution >= 4 is 11.6 Å². The van der Waals surface area contributed by atoms with Crippen LogP contribution in [0.4, 0.5) is 0 Å². The highest BCUT2D eigenvalue weighted by Crippen LogP contribution is 2.37. The maximum atomic E-state index is 6.21. The van der Waals surface area contributed by atoms with Gasteiger partial charge in [0.1, 0.15) is 0 Å². The first-order chi connectivity index (χ1) is 10.8. The summed E-state index contributed by atoms with van der Waals surface area (Å²) in [6.45, 7) is 11.4. The van der Waals surface area contributed by atoms with E-state index in [1.54, 1.807) is 0 Å². The molecule has 23 heavy (non-hydrogen) atoms. The summed E-state index contributed by atoms with van der Waals surface area (Å²) in [6, 6.07) is 8.04. The lowest BCUT2D eigenvalue weighted by Crippen LogP contribution is -2.22. The van der Waals surface area contributed by atoms with E-state index in [0.29, 0.717) is 5.92 Å². The summed E-state index contributed by atoms with van der Waals surface area (Å²) in [7, 11) is 0. The van der Waals surface area contributed by atoms with Crippen LogP contribution in [0.5, 0.6) is 0 Å². The number of halogens is 1. The van der Waals surface area contributed by atoms with Crippen molar-refractivity contribution in [2.45, 2.75) is 59.3 Å². The SMILES string of the molecule is CC(C)C1CCc2c(C(C)(C)C)nn(-c3cccc(Cl)c3)c2C1. The molecule has 2 aromatic rings. The molecule has 0 saturated carbocycles. The lowest BCUT2D eigenvalue weighted by atomic mass is 9.77. The molecule has 1 unspecified atom stereocenters. The zero-order valence-electron chi connectivity index (χ0n) is 14.9. The van der Waals surface area contributed by atoms with Crippen LogP contribution in [0.25, 0.3) is 5.69 Å². The van der Waals surface area contributed by atoms with Crippen molar-refractivity contribution in [3.63, 3.8) is 0 Å². The van der Waals surface area contributed by atoms with Gasteiger partial charge in [0.05, 0.1) is 11.4 Å². The number of aromatic nitrogens is 2. The molecule has 1 atom stereocenters. The minimum absolute atomic E-state index is 0.0680. The van der Waals surface area contributed by atoms with E-state index >= 15 is 0 Å². The molecule has 1 aromatic heterocycles. The Morgan fingerprint density at radius 1 is 1.26 bits per heavy atom. The number of hydrogen-bond acceptors (Lipinski definition) is 1. The first kappa shape index (κ1) is 16.6. The van der Waals surface area contributed by atoms with Gasteiger partial charge in [-0.05, 0) is 54.9 Å². The fourth-order valence-electron chi connectivity index (χ4n) is 3.63. The Morgan fingerprint density at radius 3 is 2.61 bits per heavy atom. The first-order valence-electron chi connectivity index (χ1n) is 8.64. The lowest BCUT2D eigenvalue weighted by Gasteiger charge is -2.27. The van der Waals surface area contributed by atoms with Crippen molar-refractivity contribution < 1.29 is 0 Å². The maximum absolute atomic E-state index is 6.21. The highest BCUT2D eigenvalue weighted by atomic mass is 35.5. The highest BCUT2D eigenvalue weighted by Gasteiger charge is 2.32. The Morgan fingerprint density at radius 2 is 2.00 bits per heavy atom. The van der Waals surface area contributed by atoms with Crippen LogP contribution >= 0.6 is 11.6 Å². The van der Waals surface area contributed by atoms with Gasteiger partial charge >= 0.3 is 0 Å². The zero-order chi connectivity index (χ0) is 16.8. The molecular formula is C20H27ClN2. The molecular weight excluding hydrogens is 304 g/mol.